The molecule has 0 saturated carbocycles. The molecule has 164 valence electrons. The van der Waals surface area contributed by atoms with E-state index in [0.29, 0.717) is 6.42 Å². The van der Waals surface area contributed by atoms with Crippen LogP contribution in [0.25, 0.3) is 0 Å². The van der Waals surface area contributed by atoms with Crippen LogP contribution in [0, 0.1) is 18.6 Å². The summed E-state index contributed by atoms with van der Waals surface area (Å²) in [6.45, 7) is 2.78. The second-order valence-corrected chi connectivity index (χ2v) is 7.76. The largest absolute Gasteiger partial charge is 0.471 e. The smallest absolute Gasteiger partial charge is 0.321 e. The molecular weight excluding hydrogens is 440 g/mol. The quantitative estimate of drug-likeness (QED) is 0.412. The molecule has 0 aliphatic heterocycles. The number of amides is 3. The van der Waals surface area contributed by atoms with Gasteiger partial charge in [0, 0.05) is 0 Å². The Labute approximate surface area is 181 Å². The zero-order valence-corrected chi connectivity index (χ0v) is 18.4. The maximum absolute atomic E-state index is 14.3. The van der Waals surface area contributed by atoms with Crippen molar-refractivity contribution in [1.82, 2.24) is 14.6 Å². The number of nitrogens with two attached hydrogens (primary N) is 1. The molecule has 1 aromatic heterocycles. The van der Waals surface area contributed by atoms with Crippen LogP contribution in [0.2, 0.25) is 5.02 Å². The van der Waals surface area contributed by atoms with E-state index in [-0.39, 0.29) is 33.2 Å². The summed E-state index contributed by atoms with van der Waals surface area (Å²) in [5.41, 5.74) is 5.00. The average molecular weight is 462 g/mol. The summed E-state index contributed by atoms with van der Waals surface area (Å²) in [6, 6.07) is 0.502. The van der Waals surface area contributed by atoms with Crippen LogP contribution in [0.3, 0.4) is 0 Å². The molecule has 0 spiro atoms. The van der Waals surface area contributed by atoms with Gasteiger partial charge in [-0.1, -0.05) is 18.5 Å². The lowest BCUT2D eigenvalue weighted by Gasteiger charge is -2.23. The van der Waals surface area contributed by atoms with Crippen LogP contribution in [0.15, 0.2) is 6.07 Å². The summed E-state index contributed by atoms with van der Waals surface area (Å²) in [5.74, 6) is -2.98. The molecule has 0 radical (unpaired) electrons. The van der Waals surface area contributed by atoms with Crippen LogP contribution in [-0.4, -0.2) is 41.5 Å². The van der Waals surface area contributed by atoms with Crippen molar-refractivity contribution in [3.05, 3.63) is 39.4 Å². The molecule has 0 fully saturated rings. The molecule has 2 aromatic rings. The summed E-state index contributed by atoms with van der Waals surface area (Å²) in [4.78, 5) is 25.9. The second-order valence-electron chi connectivity index (χ2n) is 6.61. The highest BCUT2D eigenvalue weighted by Gasteiger charge is 2.24. The van der Waals surface area contributed by atoms with Crippen molar-refractivity contribution in [1.29, 1.82) is 0 Å². The molecule has 4 N–H and O–H groups in total. The zero-order chi connectivity index (χ0) is 22.6. The molecule has 0 bridgehead atoms. The predicted molar refractivity (Wildman–Crippen MR) is 111 cm³/mol. The van der Waals surface area contributed by atoms with Crippen molar-refractivity contribution in [3.63, 3.8) is 0 Å². The second kappa shape index (κ2) is 10.0. The number of aromatic nitrogens is 1. The highest BCUT2D eigenvalue weighted by atomic mass is 35.5. The molecule has 1 atom stereocenters. The van der Waals surface area contributed by atoms with E-state index in [1.807, 2.05) is 11.8 Å². The van der Waals surface area contributed by atoms with Crippen LogP contribution in [-0.2, 0) is 6.61 Å². The number of anilines is 1. The highest BCUT2D eigenvalue weighted by molar-refractivity contribution is 7.11. The van der Waals surface area contributed by atoms with Crippen LogP contribution in [0.1, 0.15) is 34.8 Å². The molecule has 0 aliphatic rings. The Kier molecular flexibility index (Phi) is 7.93. The topological polar surface area (TPSA) is 110 Å². The van der Waals surface area contributed by atoms with E-state index < -0.39 is 35.7 Å². The van der Waals surface area contributed by atoms with Gasteiger partial charge in [-0.05, 0) is 50.6 Å². The van der Waals surface area contributed by atoms with Gasteiger partial charge in [-0.2, -0.15) is 4.37 Å². The summed E-state index contributed by atoms with van der Waals surface area (Å²) < 4.78 is 37.6. The summed E-state index contributed by atoms with van der Waals surface area (Å²) in [6.07, 6.45) is 0.416. The van der Waals surface area contributed by atoms with Crippen molar-refractivity contribution in [3.8, 4) is 5.88 Å². The summed E-state index contributed by atoms with van der Waals surface area (Å²) in [5, 5.41) is 5.04. The average Bonchev–Trinajstić information content (AvgIpc) is 3.06. The van der Waals surface area contributed by atoms with Crippen LogP contribution >= 0.6 is 23.1 Å². The number of aryl methyl sites for hydroxylation is 1. The fourth-order valence-electron chi connectivity index (χ4n) is 2.59. The standard InChI is InChI=1S/C18H22ClF2N5O3S/c1-5-11(26(3)4)23-18(28)24-17-12(15(22)27)16(25-30-17)29-7-9-10(20)6-8(2)13(19)14(9)21/h6,11H,5,7H2,1-4H3,(H2,22,27)(H2,23,24,28). The SMILES string of the molecule is CCC(NC(=O)Nc1snc(OCc2c(F)cc(C)c(Cl)c2F)c1C(N)=O)N(C)C. The number of nitrogens with zero attached hydrogens (tertiary/aromatic N) is 2. The van der Waals surface area contributed by atoms with Gasteiger partial charge in [0.15, 0.2) is 5.82 Å². The van der Waals surface area contributed by atoms with Gasteiger partial charge in [-0.3, -0.25) is 15.0 Å². The van der Waals surface area contributed by atoms with Gasteiger partial charge in [0.1, 0.15) is 23.0 Å². The molecule has 8 nitrogen and oxygen atoms in total. The number of hydrogen-bond donors (Lipinski definition) is 3. The molecule has 0 aliphatic carbocycles. The number of ether oxygens (including phenoxy) is 1. The minimum Gasteiger partial charge on any atom is -0.471 e. The summed E-state index contributed by atoms with van der Waals surface area (Å²) in [7, 11) is 3.61. The third kappa shape index (κ3) is 5.35. The number of primary amides is 1. The molecule has 0 saturated heterocycles. The fraction of sp³-hybridized carbons (Fsp3) is 0.389. The Morgan fingerprint density at radius 3 is 2.63 bits per heavy atom. The van der Waals surface area contributed by atoms with E-state index in [0.717, 1.165) is 17.6 Å². The van der Waals surface area contributed by atoms with Crippen LogP contribution in [0.5, 0.6) is 5.88 Å². The predicted octanol–water partition coefficient (Wildman–Crippen LogP) is 3.48. The summed E-state index contributed by atoms with van der Waals surface area (Å²) >= 11 is 6.56. The van der Waals surface area contributed by atoms with Gasteiger partial charge in [-0.25, -0.2) is 13.6 Å². The molecule has 1 unspecified atom stereocenters. The van der Waals surface area contributed by atoms with Gasteiger partial charge in [0.25, 0.3) is 5.91 Å². The lowest BCUT2D eigenvalue weighted by Crippen LogP contribution is -2.46. The maximum atomic E-state index is 14.3. The maximum Gasteiger partial charge on any atom is 0.321 e. The van der Waals surface area contributed by atoms with Crippen molar-refractivity contribution in [2.24, 2.45) is 5.73 Å². The Balaban J connectivity index is 2.20. The van der Waals surface area contributed by atoms with Gasteiger partial charge in [0.2, 0.25) is 5.88 Å². The lowest BCUT2D eigenvalue weighted by molar-refractivity contribution is 0.0996. The third-order valence-corrected chi connectivity index (χ3v) is 5.44. The Bertz CT molecular complexity index is 954. The normalized spacial score (nSPS) is 12.0. The molecule has 30 heavy (non-hydrogen) atoms. The van der Waals surface area contributed by atoms with E-state index in [1.54, 1.807) is 14.1 Å². The first-order chi connectivity index (χ1) is 14.1. The Morgan fingerprint density at radius 1 is 1.40 bits per heavy atom. The number of carbonyl (C=O) groups is 2. The van der Waals surface area contributed by atoms with E-state index in [4.69, 9.17) is 22.1 Å². The number of benzene rings is 1. The van der Waals surface area contributed by atoms with E-state index in [9.17, 15) is 18.4 Å². The first-order valence-corrected chi connectivity index (χ1v) is 10.0. The van der Waals surface area contributed by atoms with Gasteiger partial charge in [0.05, 0.1) is 16.8 Å². The number of carbonyl (C=O) groups excluding carboxylic acids is 2. The molecule has 1 heterocycles. The van der Waals surface area contributed by atoms with Crippen LogP contribution < -0.4 is 21.1 Å². The van der Waals surface area contributed by atoms with Crippen molar-refractivity contribution in [2.75, 3.05) is 19.4 Å². The first kappa shape index (κ1) is 23.8. The number of rotatable bonds is 8. The minimum atomic E-state index is -0.961. The van der Waals surface area contributed by atoms with Gasteiger partial charge in [-0.15, -0.1) is 0 Å². The number of nitrogens with one attached hydrogen (secondary N) is 2. The van der Waals surface area contributed by atoms with E-state index in [1.165, 1.54) is 6.92 Å². The Morgan fingerprint density at radius 2 is 2.07 bits per heavy atom. The minimum absolute atomic E-state index is 0.0477. The van der Waals surface area contributed by atoms with Gasteiger partial charge >= 0.3 is 6.03 Å². The van der Waals surface area contributed by atoms with Crippen molar-refractivity contribution >= 4 is 40.1 Å². The van der Waals surface area contributed by atoms with E-state index >= 15 is 0 Å². The molecule has 3 amide bonds. The monoisotopic (exact) mass is 461 g/mol. The van der Waals surface area contributed by atoms with Crippen molar-refractivity contribution < 1.29 is 23.1 Å². The molecule has 2 rings (SSSR count). The molecule has 1 aromatic carbocycles. The van der Waals surface area contributed by atoms with Crippen molar-refractivity contribution in [2.45, 2.75) is 33.0 Å². The zero-order valence-electron chi connectivity index (χ0n) is 16.8. The molecular formula is C18H22ClF2N5O3S. The fourth-order valence-corrected chi connectivity index (χ4v) is 3.49. The Hall–Kier alpha value is -2.50. The van der Waals surface area contributed by atoms with Crippen LogP contribution in [0.4, 0.5) is 18.6 Å². The molecule has 12 heteroatoms. The number of urea groups is 1. The third-order valence-electron chi connectivity index (χ3n) is 4.23. The highest BCUT2D eigenvalue weighted by Crippen LogP contribution is 2.32. The van der Waals surface area contributed by atoms with Gasteiger partial charge < -0.3 is 15.8 Å². The number of hydrogen-bond acceptors (Lipinski definition) is 6. The first-order valence-electron chi connectivity index (χ1n) is 8.85. The lowest BCUT2D eigenvalue weighted by atomic mass is 10.1. The number of halogens is 3. The van der Waals surface area contributed by atoms with E-state index in [2.05, 4.69) is 15.0 Å².